The smallest absolute Gasteiger partial charge is 0.0847 e. The number of hydrogen-bond donors (Lipinski definition) is 1. The van der Waals surface area contributed by atoms with Gasteiger partial charge in [-0.15, -0.1) is 0 Å². The molecule has 0 aromatic carbocycles. The van der Waals surface area contributed by atoms with Crippen molar-refractivity contribution in [2.75, 3.05) is 0 Å². The molecule has 3 nitrogen and oxygen atoms in total. The Bertz CT molecular complexity index is 441. The van der Waals surface area contributed by atoms with Crippen molar-refractivity contribution in [3.8, 4) is 0 Å². The number of rotatable bonds is 4. The highest BCUT2D eigenvalue weighted by molar-refractivity contribution is 6.31. The van der Waals surface area contributed by atoms with Crippen LogP contribution in [-0.2, 0) is 13.0 Å². The lowest BCUT2D eigenvalue weighted by atomic mass is 9.70. The summed E-state index contributed by atoms with van der Waals surface area (Å²) in [5.74, 6) is 0.609. The molecule has 1 heterocycles. The van der Waals surface area contributed by atoms with Crippen LogP contribution in [0.1, 0.15) is 57.3 Å². The van der Waals surface area contributed by atoms with Crippen LogP contribution in [-0.4, -0.2) is 15.3 Å². The van der Waals surface area contributed by atoms with E-state index in [1.54, 1.807) is 0 Å². The summed E-state index contributed by atoms with van der Waals surface area (Å²) in [4.78, 5) is 0. The van der Waals surface area contributed by atoms with Crippen LogP contribution in [0.3, 0.4) is 0 Å². The van der Waals surface area contributed by atoms with Crippen LogP contribution in [0.5, 0.6) is 0 Å². The first-order valence-corrected chi connectivity index (χ1v) is 7.90. The minimum Gasteiger partial charge on any atom is -0.324 e. The molecule has 2 atom stereocenters. The minimum atomic E-state index is -0.101. The van der Waals surface area contributed by atoms with Crippen molar-refractivity contribution >= 4 is 11.6 Å². The van der Waals surface area contributed by atoms with Crippen molar-refractivity contribution in [3.63, 3.8) is 0 Å². The van der Waals surface area contributed by atoms with Gasteiger partial charge in [0.2, 0.25) is 0 Å². The molecule has 1 aliphatic rings. The maximum Gasteiger partial charge on any atom is 0.0847 e. The van der Waals surface area contributed by atoms with E-state index in [0.717, 1.165) is 42.2 Å². The quantitative estimate of drug-likeness (QED) is 0.915. The third-order valence-corrected chi connectivity index (χ3v) is 5.19. The first-order chi connectivity index (χ1) is 9.01. The molecule has 0 bridgehead atoms. The number of nitrogens with zero attached hydrogens (tertiary/aromatic N) is 2. The molecule has 0 radical (unpaired) electrons. The van der Waals surface area contributed by atoms with E-state index in [0.29, 0.717) is 5.92 Å². The number of nitrogens with two attached hydrogens (primary N) is 1. The standard InChI is InChI=1S/C15H26ClN3/c1-4-12-8-6-7-9-15(12,17)10-13-14(16)11(3)18-19(13)5-2/h12H,4-10,17H2,1-3H3. The fourth-order valence-corrected chi connectivity index (χ4v) is 3.73. The zero-order valence-corrected chi connectivity index (χ0v) is 13.1. The molecule has 1 aromatic rings. The Kier molecular flexibility index (Phi) is 4.57. The Morgan fingerprint density at radius 3 is 2.79 bits per heavy atom. The molecule has 0 amide bonds. The van der Waals surface area contributed by atoms with Gasteiger partial charge < -0.3 is 5.73 Å². The summed E-state index contributed by atoms with van der Waals surface area (Å²) in [6.07, 6.45) is 6.94. The van der Waals surface area contributed by atoms with Crippen LogP contribution in [0.2, 0.25) is 5.02 Å². The van der Waals surface area contributed by atoms with E-state index in [-0.39, 0.29) is 5.54 Å². The van der Waals surface area contributed by atoms with Crippen LogP contribution in [0.25, 0.3) is 0 Å². The van der Waals surface area contributed by atoms with Crippen LogP contribution >= 0.6 is 11.6 Å². The second-order valence-corrected chi connectivity index (χ2v) is 6.30. The van der Waals surface area contributed by atoms with E-state index >= 15 is 0 Å². The van der Waals surface area contributed by atoms with Gasteiger partial charge in [0.1, 0.15) is 0 Å². The SMILES string of the molecule is CCC1CCCCC1(N)Cc1c(Cl)c(C)nn1CC. The van der Waals surface area contributed by atoms with Crippen LogP contribution in [0.15, 0.2) is 0 Å². The van der Waals surface area contributed by atoms with E-state index in [9.17, 15) is 0 Å². The maximum absolute atomic E-state index is 6.75. The Labute approximate surface area is 121 Å². The lowest BCUT2D eigenvalue weighted by Gasteiger charge is -2.41. The van der Waals surface area contributed by atoms with Crippen molar-refractivity contribution < 1.29 is 0 Å². The van der Waals surface area contributed by atoms with Gasteiger partial charge in [-0.05, 0) is 32.6 Å². The molecule has 2 unspecified atom stereocenters. The average Bonchev–Trinajstić information content (AvgIpc) is 2.66. The summed E-state index contributed by atoms with van der Waals surface area (Å²) < 4.78 is 2.02. The van der Waals surface area contributed by atoms with E-state index in [1.807, 2.05) is 11.6 Å². The van der Waals surface area contributed by atoms with Gasteiger partial charge in [0.05, 0.1) is 16.4 Å². The Morgan fingerprint density at radius 2 is 2.16 bits per heavy atom. The zero-order valence-electron chi connectivity index (χ0n) is 12.4. The highest BCUT2D eigenvalue weighted by Gasteiger charge is 2.37. The summed E-state index contributed by atoms with van der Waals surface area (Å²) in [5, 5.41) is 5.32. The van der Waals surface area contributed by atoms with Crippen LogP contribution in [0.4, 0.5) is 0 Å². The average molecular weight is 284 g/mol. The normalized spacial score (nSPS) is 27.7. The Hall–Kier alpha value is -0.540. The van der Waals surface area contributed by atoms with Gasteiger partial charge >= 0.3 is 0 Å². The predicted octanol–water partition coefficient (Wildman–Crippen LogP) is 3.71. The third-order valence-electron chi connectivity index (χ3n) is 4.70. The van der Waals surface area contributed by atoms with Crippen molar-refractivity contribution in [1.82, 2.24) is 9.78 Å². The molecule has 108 valence electrons. The Balaban J connectivity index is 2.28. The van der Waals surface area contributed by atoms with Gasteiger partial charge in [-0.25, -0.2) is 0 Å². The summed E-state index contributed by atoms with van der Waals surface area (Å²) >= 11 is 6.43. The first-order valence-electron chi connectivity index (χ1n) is 7.52. The minimum absolute atomic E-state index is 0.101. The summed E-state index contributed by atoms with van der Waals surface area (Å²) in [5.41, 5.74) is 8.70. The molecule has 1 aliphatic carbocycles. The van der Waals surface area contributed by atoms with E-state index < -0.39 is 0 Å². The van der Waals surface area contributed by atoms with Gasteiger partial charge in [0.15, 0.2) is 0 Å². The van der Waals surface area contributed by atoms with Gasteiger partial charge in [-0.1, -0.05) is 37.8 Å². The van der Waals surface area contributed by atoms with E-state index in [2.05, 4.69) is 18.9 Å². The predicted molar refractivity (Wildman–Crippen MR) is 80.5 cm³/mol. The summed E-state index contributed by atoms with van der Waals surface area (Å²) in [7, 11) is 0. The highest BCUT2D eigenvalue weighted by Crippen LogP contribution is 2.38. The molecule has 1 fully saturated rings. The van der Waals surface area contributed by atoms with Gasteiger partial charge in [-0.2, -0.15) is 5.10 Å². The van der Waals surface area contributed by atoms with Gasteiger partial charge in [0.25, 0.3) is 0 Å². The molecule has 1 saturated carbocycles. The van der Waals surface area contributed by atoms with Crippen molar-refractivity contribution in [2.45, 2.75) is 71.4 Å². The topological polar surface area (TPSA) is 43.8 Å². The van der Waals surface area contributed by atoms with Crippen molar-refractivity contribution in [2.24, 2.45) is 11.7 Å². The summed E-state index contributed by atoms with van der Waals surface area (Å²) in [6.45, 7) is 7.18. The largest absolute Gasteiger partial charge is 0.324 e. The second-order valence-electron chi connectivity index (χ2n) is 5.92. The van der Waals surface area contributed by atoms with E-state index in [4.69, 9.17) is 17.3 Å². The zero-order chi connectivity index (χ0) is 14.0. The maximum atomic E-state index is 6.75. The fourth-order valence-electron chi connectivity index (χ4n) is 3.53. The Morgan fingerprint density at radius 1 is 1.42 bits per heavy atom. The lowest BCUT2D eigenvalue weighted by molar-refractivity contribution is 0.179. The lowest BCUT2D eigenvalue weighted by Crippen LogP contribution is -2.51. The highest BCUT2D eigenvalue weighted by atomic mass is 35.5. The van der Waals surface area contributed by atoms with Gasteiger partial charge in [0, 0.05) is 18.5 Å². The van der Waals surface area contributed by atoms with Crippen molar-refractivity contribution in [3.05, 3.63) is 16.4 Å². The van der Waals surface area contributed by atoms with Gasteiger partial charge in [-0.3, -0.25) is 4.68 Å². The molecular formula is C15H26ClN3. The van der Waals surface area contributed by atoms with Crippen molar-refractivity contribution in [1.29, 1.82) is 0 Å². The van der Waals surface area contributed by atoms with Crippen LogP contribution < -0.4 is 5.73 Å². The second kappa shape index (κ2) is 5.84. The van der Waals surface area contributed by atoms with E-state index in [1.165, 1.54) is 19.3 Å². The molecule has 2 N–H and O–H groups in total. The third kappa shape index (κ3) is 2.82. The molecule has 0 spiro atoms. The molecule has 4 heteroatoms. The number of aryl methyl sites for hydroxylation is 2. The number of halogens is 1. The number of hydrogen-bond acceptors (Lipinski definition) is 2. The monoisotopic (exact) mass is 283 g/mol. The number of aromatic nitrogens is 2. The molecule has 0 saturated heterocycles. The molecule has 19 heavy (non-hydrogen) atoms. The molecule has 1 aromatic heterocycles. The molecule has 2 rings (SSSR count). The fraction of sp³-hybridized carbons (Fsp3) is 0.800. The molecular weight excluding hydrogens is 258 g/mol. The van der Waals surface area contributed by atoms with Crippen LogP contribution in [0, 0.1) is 12.8 Å². The summed E-state index contributed by atoms with van der Waals surface area (Å²) in [6, 6.07) is 0. The molecule has 0 aliphatic heterocycles. The first kappa shape index (κ1) is 14.9.